The van der Waals surface area contributed by atoms with Gasteiger partial charge in [0.05, 0.1) is 23.5 Å². The molecule has 8 heteroatoms. The second kappa shape index (κ2) is 14.7. The smallest absolute Gasteiger partial charge is 0.241 e. The van der Waals surface area contributed by atoms with E-state index in [2.05, 4.69) is 59.6 Å². The molecule has 0 saturated heterocycles. The number of rotatable bonds is 11. The Morgan fingerprint density at radius 2 is 1.80 bits per heavy atom. The van der Waals surface area contributed by atoms with E-state index in [0.29, 0.717) is 24.9 Å². The number of carbonyl (C=O) groups is 2. The molecular formula is C38H50N4O3S. The Balaban J connectivity index is 1.32. The Kier molecular flexibility index (Phi) is 10.4. The normalized spacial score (nSPS) is 22.1. The van der Waals surface area contributed by atoms with Crippen LogP contribution in [0.15, 0.2) is 48.7 Å². The first-order valence-corrected chi connectivity index (χ1v) is 18.1. The summed E-state index contributed by atoms with van der Waals surface area (Å²) in [6.45, 7) is 3.08. The van der Waals surface area contributed by atoms with Gasteiger partial charge >= 0.3 is 0 Å². The number of nitrogens with zero attached hydrogens (tertiary/aromatic N) is 3. The SMILES string of the molecule is COc1ccc(C2CCC(CNC(=O)C3CCCCC3)CC2N(C(=O)CN(C)C)c2cccc(-c3cnc(C4CC4)s3)c2)cc1C. The van der Waals surface area contributed by atoms with Crippen molar-refractivity contribution in [3.05, 3.63) is 64.8 Å². The third-order valence-electron chi connectivity index (χ3n) is 10.2. The summed E-state index contributed by atoms with van der Waals surface area (Å²) in [6, 6.07) is 14.9. The average Bonchev–Trinajstić information content (AvgIpc) is 3.79. The number of nitrogens with one attached hydrogen (secondary N) is 1. The van der Waals surface area contributed by atoms with Gasteiger partial charge in [0, 0.05) is 42.2 Å². The number of aromatic nitrogens is 1. The quantitative estimate of drug-likeness (QED) is 0.234. The summed E-state index contributed by atoms with van der Waals surface area (Å²) in [5.41, 5.74) is 4.38. The first-order chi connectivity index (χ1) is 22.3. The van der Waals surface area contributed by atoms with Crippen LogP contribution in [0.2, 0.25) is 0 Å². The second-order valence-electron chi connectivity index (χ2n) is 14.1. The fourth-order valence-corrected chi connectivity index (χ4v) is 8.68. The zero-order valence-electron chi connectivity index (χ0n) is 28.0. The molecule has 3 aromatic rings. The number of benzene rings is 2. The number of amides is 2. The Bertz CT molecular complexity index is 1510. The van der Waals surface area contributed by atoms with E-state index in [1.54, 1.807) is 18.4 Å². The maximum atomic E-state index is 14.3. The molecule has 1 aromatic heterocycles. The Morgan fingerprint density at radius 3 is 2.52 bits per heavy atom. The number of ether oxygens (including phenoxy) is 1. The molecule has 7 nitrogen and oxygen atoms in total. The van der Waals surface area contributed by atoms with Crippen LogP contribution in [0.25, 0.3) is 10.4 Å². The van der Waals surface area contributed by atoms with Crippen LogP contribution in [0.4, 0.5) is 5.69 Å². The average molecular weight is 643 g/mol. The van der Waals surface area contributed by atoms with Gasteiger partial charge in [0.15, 0.2) is 0 Å². The number of carbonyl (C=O) groups excluding carboxylic acids is 2. The largest absolute Gasteiger partial charge is 0.496 e. The van der Waals surface area contributed by atoms with E-state index in [1.165, 1.54) is 29.8 Å². The highest BCUT2D eigenvalue weighted by Crippen LogP contribution is 2.45. The number of hydrogen-bond donors (Lipinski definition) is 1. The zero-order valence-corrected chi connectivity index (χ0v) is 28.8. The summed E-state index contributed by atoms with van der Waals surface area (Å²) in [7, 11) is 5.62. The number of anilines is 1. The van der Waals surface area contributed by atoms with Gasteiger partial charge in [0.25, 0.3) is 0 Å². The summed E-state index contributed by atoms with van der Waals surface area (Å²) in [6.07, 6.45) is 12.8. The van der Waals surface area contributed by atoms with Crippen molar-refractivity contribution in [2.24, 2.45) is 11.8 Å². The Hall–Kier alpha value is -3.23. The molecule has 0 aliphatic heterocycles. The minimum atomic E-state index is -0.0516. The predicted octanol–water partition coefficient (Wildman–Crippen LogP) is 7.55. The van der Waals surface area contributed by atoms with Crippen molar-refractivity contribution in [1.82, 2.24) is 15.2 Å². The molecule has 0 radical (unpaired) electrons. The van der Waals surface area contributed by atoms with Gasteiger partial charge in [-0.3, -0.25) is 9.59 Å². The van der Waals surface area contributed by atoms with Gasteiger partial charge in [0.1, 0.15) is 5.75 Å². The first-order valence-electron chi connectivity index (χ1n) is 17.3. The maximum absolute atomic E-state index is 14.3. The van der Waals surface area contributed by atoms with Gasteiger partial charge in [-0.25, -0.2) is 4.98 Å². The zero-order chi connectivity index (χ0) is 32.2. The van der Waals surface area contributed by atoms with Crippen LogP contribution >= 0.6 is 11.3 Å². The standard InChI is InChI=1S/C38H50N4O3S/c1-25-19-29(16-18-34(25)45-4)32-17-13-26(22-39-37(44)27-9-6-5-7-10-27)20-33(32)42(36(43)24-41(2)3)31-12-8-11-30(21-31)35-23-40-38(46-35)28-14-15-28/h8,11-12,16,18-19,21,23,26-28,32-33H,5-7,9-10,13-15,17,20,22,24H2,1-4H3,(H,39,44). The molecular weight excluding hydrogens is 593 g/mol. The lowest BCUT2D eigenvalue weighted by molar-refractivity contribution is -0.126. The van der Waals surface area contributed by atoms with Crippen LogP contribution in [-0.4, -0.2) is 62.0 Å². The van der Waals surface area contributed by atoms with Crippen LogP contribution in [-0.2, 0) is 9.59 Å². The molecule has 0 spiro atoms. The van der Waals surface area contributed by atoms with E-state index in [9.17, 15) is 9.59 Å². The van der Waals surface area contributed by atoms with Crippen LogP contribution in [0.3, 0.4) is 0 Å². The fraction of sp³-hybridized carbons (Fsp3) is 0.553. The van der Waals surface area contributed by atoms with Crippen molar-refractivity contribution in [3.63, 3.8) is 0 Å². The number of methoxy groups -OCH3 is 1. The molecule has 3 atom stereocenters. The van der Waals surface area contributed by atoms with E-state index < -0.39 is 0 Å². The summed E-state index contributed by atoms with van der Waals surface area (Å²) in [4.78, 5) is 37.4. The van der Waals surface area contributed by atoms with E-state index in [1.807, 2.05) is 25.2 Å². The van der Waals surface area contributed by atoms with Gasteiger partial charge in [-0.1, -0.05) is 43.5 Å². The summed E-state index contributed by atoms with van der Waals surface area (Å²) >= 11 is 1.78. The van der Waals surface area contributed by atoms with E-state index in [0.717, 1.165) is 72.4 Å². The van der Waals surface area contributed by atoms with Gasteiger partial charge in [0.2, 0.25) is 11.8 Å². The number of thiazole rings is 1. The van der Waals surface area contributed by atoms with Crippen LogP contribution in [0.1, 0.15) is 92.2 Å². The molecule has 1 heterocycles. The van der Waals surface area contributed by atoms with Crippen LogP contribution in [0.5, 0.6) is 5.75 Å². The van der Waals surface area contributed by atoms with E-state index >= 15 is 0 Å². The lowest BCUT2D eigenvalue weighted by Gasteiger charge is -2.44. The monoisotopic (exact) mass is 642 g/mol. The highest BCUT2D eigenvalue weighted by molar-refractivity contribution is 7.15. The van der Waals surface area contributed by atoms with Gasteiger partial charge < -0.3 is 19.9 Å². The van der Waals surface area contributed by atoms with Crippen LogP contribution < -0.4 is 15.0 Å². The van der Waals surface area contributed by atoms with Crippen molar-refractivity contribution in [2.45, 2.75) is 89.0 Å². The van der Waals surface area contributed by atoms with Crippen molar-refractivity contribution < 1.29 is 14.3 Å². The molecule has 2 aromatic carbocycles. The number of likely N-dealkylation sites (N-methyl/N-ethyl adjacent to an activating group) is 1. The summed E-state index contributed by atoms with van der Waals surface area (Å²) in [5.74, 6) is 2.42. The predicted molar refractivity (Wildman–Crippen MR) is 187 cm³/mol. The third kappa shape index (κ3) is 7.66. The molecule has 246 valence electrons. The maximum Gasteiger partial charge on any atom is 0.241 e. The van der Waals surface area contributed by atoms with Gasteiger partial charge in [-0.15, -0.1) is 11.3 Å². The minimum Gasteiger partial charge on any atom is -0.496 e. The summed E-state index contributed by atoms with van der Waals surface area (Å²) in [5, 5.41) is 4.56. The fourth-order valence-electron chi connectivity index (χ4n) is 7.59. The van der Waals surface area contributed by atoms with E-state index in [-0.39, 0.29) is 29.7 Å². The lowest BCUT2D eigenvalue weighted by atomic mass is 9.73. The highest BCUT2D eigenvalue weighted by atomic mass is 32.1. The molecule has 2 amide bonds. The molecule has 0 bridgehead atoms. The van der Waals surface area contributed by atoms with Crippen molar-refractivity contribution in [3.8, 4) is 16.2 Å². The Labute approximate surface area is 278 Å². The minimum absolute atomic E-state index is 0.0516. The Morgan fingerprint density at radius 1 is 1.00 bits per heavy atom. The summed E-state index contributed by atoms with van der Waals surface area (Å²) < 4.78 is 5.60. The number of hydrogen-bond acceptors (Lipinski definition) is 6. The molecule has 46 heavy (non-hydrogen) atoms. The van der Waals surface area contributed by atoms with Crippen molar-refractivity contribution in [1.29, 1.82) is 0 Å². The van der Waals surface area contributed by atoms with Gasteiger partial charge in [-0.05, 0) is 107 Å². The molecule has 3 aliphatic rings. The molecule has 3 aliphatic carbocycles. The molecule has 3 unspecified atom stereocenters. The second-order valence-corrected chi connectivity index (χ2v) is 15.1. The third-order valence-corrected chi connectivity index (χ3v) is 11.4. The molecule has 6 rings (SSSR count). The lowest BCUT2D eigenvalue weighted by Crippen LogP contribution is -2.50. The highest BCUT2D eigenvalue weighted by Gasteiger charge is 2.39. The topological polar surface area (TPSA) is 74.8 Å². The van der Waals surface area contributed by atoms with E-state index in [4.69, 9.17) is 9.72 Å². The first kappa shape index (κ1) is 32.7. The molecule has 3 fully saturated rings. The number of aryl methyl sites for hydroxylation is 1. The van der Waals surface area contributed by atoms with Crippen molar-refractivity contribution >= 4 is 28.8 Å². The van der Waals surface area contributed by atoms with Gasteiger partial charge in [-0.2, -0.15) is 0 Å². The van der Waals surface area contributed by atoms with Crippen molar-refractivity contribution in [2.75, 3.05) is 39.2 Å². The molecule has 1 N–H and O–H groups in total. The van der Waals surface area contributed by atoms with Crippen LogP contribution in [0, 0.1) is 18.8 Å². The molecule has 3 saturated carbocycles.